The molecular weight excluding hydrogens is 326 g/mol. The van der Waals surface area contributed by atoms with Crippen LogP contribution in [0, 0.1) is 0 Å². The molecule has 24 heavy (non-hydrogen) atoms. The highest BCUT2D eigenvalue weighted by atomic mass is 32.2. The van der Waals surface area contributed by atoms with Crippen LogP contribution in [0.4, 0.5) is 16.2 Å². The highest BCUT2D eigenvalue weighted by Crippen LogP contribution is 2.22. The van der Waals surface area contributed by atoms with Gasteiger partial charge in [-0.15, -0.1) is 0 Å². The summed E-state index contributed by atoms with van der Waals surface area (Å²) in [6.07, 6.45) is 1.47. The molecule has 0 bridgehead atoms. The fourth-order valence-corrected chi connectivity index (χ4v) is 3.66. The minimum atomic E-state index is -3.19. The Kier molecular flexibility index (Phi) is 4.26. The summed E-state index contributed by atoms with van der Waals surface area (Å²) in [6, 6.07) is 13.9. The van der Waals surface area contributed by atoms with Gasteiger partial charge in [0.15, 0.2) is 9.84 Å². The second-order valence-corrected chi connectivity index (χ2v) is 7.49. The molecule has 1 unspecified atom stereocenters. The van der Waals surface area contributed by atoms with Gasteiger partial charge in [-0.3, -0.25) is 0 Å². The molecule has 124 valence electrons. The van der Waals surface area contributed by atoms with Gasteiger partial charge in [-0.2, -0.15) is 0 Å². The van der Waals surface area contributed by atoms with Crippen molar-refractivity contribution in [2.45, 2.75) is 6.04 Å². The number of carbonyl (C=O) groups is 1. The van der Waals surface area contributed by atoms with Crippen LogP contribution in [0.15, 0.2) is 60.0 Å². The van der Waals surface area contributed by atoms with Crippen LogP contribution in [-0.4, -0.2) is 26.2 Å². The zero-order valence-corrected chi connectivity index (χ0v) is 13.6. The topological polar surface area (TPSA) is 101 Å². The second-order valence-electron chi connectivity index (χ2n) is 5.56. The summed E-state index contributed by atoms with van der Waals surface area (Å²) >= 11 is 0. The van der Waals surface area contributed by atoms with Crippen molar-refractivity contribution in [1.29, 1.82) is 0 Å². The molecule has 0 radical (unpaired) electrons. The van der Waals surface area contributed by atoms with Crippen molar-refractivity contribution in [3.8, 4) is 11.1 Å². The maximum atomic E-state index is 11.9. The minimum absolute atomic E-state index is 0.101. The average Bonchev–Trinajstić information content (AvgIpc) is 2.87. The van der Waals surface area contributed by atoms with Crippen molar-refractivity contribution >= 4 is 27.2 Å². The van der Waals surface area contributed by atoms with Gasteiger partial charge in [-0.25, -0.2) is 13.2 Å². The maximum absolute atomic E-state index is 11.9. The Labute approximate surface area is 140 Å². The monoisotopic (exact) mass is 343 g/mol. The standard InChI is InChI=1S/C17H17N3O3S/c18-14-5-1-12(2-6-14)13-3-7-15(8-4-13)19-17(21)20-16-9-10-24(22,23)11-16/h1-10,16H,11,18H2,(H2,19,20,21). The smallest absolute Gasteiger partial charge is 0.319 e. The average molecular weight is 343 g/mol. The fraction of sp³-hybridized carbons (Fsp3) is 0.118. The summed E-state index contributed by atoms with van der Waals surface area (Å²) in [5.74, 6) is -0.101. The summed E-state index contributed by atoms with van der Waals surface area (Å²) < 4.78 is 22.6. The molecule has 0 fully saturated rings. The van der Waals surface area contributed by atoms with Crippen molar-refractivity contribution in [3.05, 3.63) is 60.0 Å². The number of urea groups is 1. The quantitative estimate of drug-likeness (QED) is 0.745. The van der Waals surface area contributed by atoms with E-state index in [0.29, 0.717) is 11.4 Å². The number of hydrogen-bond acceptors (Lipinski definition) is 4. The van der Waals surface area contributed by atoms with Crippen LogP contribution in [0.3, 0.4) is 0 Å². The Balaban J connectivity index is 1.61. The zero-order chi connectivity index (χ0) is 17.2. The molecule has 1 aliphatic heterocycles. The number of nitrogens with two attached hydrogens (primary N) is 1. The number of carbonyl (C=O) groups excluding carboxylic acids is 1. The van der Waals surface area contributed by atoms with Gasteiger partial charge in [0.25, 0.3) is 0 Å². The van der Waals surface area contributed by atoms with E-state index in [-0.39, 0.29) is 5.75 Å². The van der Waals surface area contributed by atoms with E-state index >= 15 is 0 Å². The van der Waals surface area contributed by atoms with Gasteiger partial charge < -0.3 is 16.4 Å². The largest absolute Gasteiger partial charge is 0.399 e. The summed E-state index contributed by atoms with van der Waals surface area (Å²) in [5, 5.41) is 6.42. The number of nitrogens with one attached hydrogen (secondary N) is 2. The normalized spacial score (nSPS) is 18.2. The molecule has 1 atom stereocenters. The highest BCUT2D eigenvalue weighted by molar-refractivity contribution is 7.94. The molecule has 2 amide bonds. The predicted octanol–water partition coefficient (Wildman–Crippen LogP) is 2.37. The van der Waals surface area contributed by atoms with E-state index in [1.807, 2.05) is 36.4 Å². The van der Waals surface area contributed by atoms with Gasteiger partial charge in [0.05, 0.1) is 11.8 Å². The molecule has 4 N–H and O–H groups in total. The summed E-state index contributed by atoms with van der Waals surface area (Å²) in [7, 11) is -3.19. The Hall–Kier alpha value is -2.80. The molecule has 0 aromatic heterocycles. The van der Waals surface area contributed by atoms with Crippen LogP contribution < -0.4 is 16.4 Å². The third-order valence-corrected chi connectivity index (χ3v) is 5.03. The summed E-state index contributed by atoms with van der Waals surface area (Å²) in [6.45, 7) is 0. The van der Waals surface area contributed by atoms with E-state index in [1.165, 1.54) is 6.08 Å². The van der Waals surface area contributed by atoms with E-state index in [2.05, 4.69) is 10.6 Å². The van der Waals surface area contributed by atoms with Crippen LogP contribution in [-0.2, 0) is 9.84 Å². The Morgan fingerprint density at radius 2 is 1.58 bits per heavy atom. The van der Waals surface area contributed by atoms with Gasteiger partial charge in [0.2, 0.25) is 0 Å². The van der Waals surface area contributed by atoms with E-state index < -0.39 is 21.9 Å². The zero-order valence-electron chi connectivity index (χ0n) is 12.8. The molecule has 0 saturated carbocycles. The molecule has 0 aliphatic carbocycles. The van der Waals surface area contributed by atoms with Crippen molar-refractivity contribution in [2.24, 2.45) is 0 Å². The number of nitrogen functional groups attached to an aromatic ring is 1. The summed E-state index contributed by atoms with van der Waals surface area (Å²) in [5.41, 5.74) is 9.03. The first-order valence-electron chi connectivity index (χ1n) is 7.36. The number of anilines is 2. The van der Waals surface area contributed by atoms with Gasteiger partial charge in [0, 0.05) is 16.8 Å². The molecule has 2 aromatic rings. The van der Waals surface area contributed by atoms with Crippen LogP contribution >= 0.6 is 0 Å². The molecule has 3 rings (SSSR count). The number of amides is 2. The predicted molar refractivity (Wildman–Crippen MR) is 95.2 cm³/mol. The minimum Gasteiger partial charge on any atom is -0.399 e. The second kappa shape index (κ2) is 6.37. The van der Waals surface area contributed by atoms with Gasteiger partial charge in [-0.05, 0) is 41.5 Å². The fourth-order valence-electron chi connectivity index (χ4n) is 2.42. The van der Waals surface area contributed by atoms with Gasteiger partial charge >= 0.3 is 6.03 Å². The van der Waals surface area contributed by atoms with Crippen LogP contribution in [0.1, 0.15) is 0 Å². The van der Waals surface area contributed by atoms with Crippen molar-refractivity contribution in [1.82, 2.24) is 5.32 Å². The first-order chi connectivity index (χ1) is 11.4. The van der Waals surface area contributed by atoms with Crippen LogP contribution in [0.5, 0.6) is 0 Å². The third kappa shape index (κ3) is 3.94. The molecule has 0 spiro atoms. The Morgan fingerprint density at radius 1 is 1.00 bits per heavy atom. The molecule has 0 saturated heterocycles. The molecular formula is C17H17N3O3S. The third-order valence-electron chi connectivity index (χ3n) is 3.63. The van der Waals surface area contributed by atoms with Crippen LogP contribution in [0.2, 0.25) is 0 Å². The molecule has 1 aliphatic rings. The van der Waals surface area contributed by atoms with E-state index in [9.17, 15) is 13.2 Å². The van der Waals surface area contributed by atoms with Gasteiger partial charge in [-0.1, -0.05) is 24.3 Å². The summed E-state index contributed by atoms with van der Waals surface area (Å²) in [4.78, 5) is 11.9. The lowest BCUT2D eigenvalue weighted by Gasteiger charge is -2.12. The van der Waals surface area contributed by atoms with Crippen molar-refractivity contribution in [3.63, 3.8) is 0 Å². The van der Waals surface area contributed by atoms with E-state index in [0.717, 1.165) is 16.5 Å². The highest BCUT2D eigenvalue weighted by Gasteiger charge is 2.22. The molecule has 2 aromatic carbocycles. The van der Waals surface area contributed by atoms with Crippen molar-refractivity contribution < 1.29 is 13.2 Å². The lowest BCUT2D eigenvalue weighted by molar-refractivity contribution is 0.251. The lowest BCUT2D eigenvalue weighted by Crippen LogP contribution is -2.38. The maximum Gasteiger partial charge on any atom is 0.319 e. The SMILES string of the molecule is Nc1ccc(-c2ccc(NC(=O)NC3C=CS(=O)(=O)C3)cc2)cc1. The van der Waals surface area contributed by atoms with Gasteiger partial charge in [0.1, 0.15) is 0 Å². The molecule has 1 heterocycles. The van der Waals surface area contributed by atoms with Crippen molar-refractivity contribution in [2.75, 3.05) is 16.8 Å². The Bertz CT molecular complexity index is 872. The number of rotatable bonds is 3. The molecule has 6 nitrogen and oxygen atoms in total. The first kappa shape index (κ1) is 16.1. The van der Waals surface area contributed by atoms with E-state index in [4.69, 9.17) is 5.73 Å². The molecule has 7 heteroatoms. The lowest BCUT2D eigenvalue weighted by atomic mass is 10.1. The Morgan fingerprint density at radius 3 is 2.12 bits per heavy atom. The number of benzene rings is 2. The number of hydrogen-bond donors (Lipinski definition) is 3. The van der Waals surface area contributed by atoms with Crippen LogP contribution in [0.25, 0.3) is 11.1 Å². The first-order valence-corrected chi connectivity index (χ1v) is 9.07. The van der Waals surface area contributed by atoms with E-state index in [1.54, 1.807) is 12.1 Å². The number of sulfone groups is 1.